The molecule has 2 N–H and O–H groups in total. The zero-order valence-electron chi connectivity index (χ0n) is 13.7. The number of methoxy groups -OCH3 is 1. The highest BCUT2D eigenvalue weighted by molar-refractivity contribution is 5.94. The second-order valence-corrected chi connectivity index (χ2v) is 5.64. The second kappa shape index (κ2) is 7.32. The fourth-order valence-corrected chi connectivity index (χ4v) is 2.75. The van der Waals surface area contributed by atoms with E-state index in [-0.39, 0.29) is 17.9 Å². The number of halogens is 1. The minimum Gasteiger partial charge on any atom is -0.494 e. The van der Waals surface area contributed by atoms with Crippen molar-refractivity contribution in [1.82, 2.24) is 5.32 Å². The zero-order valence-corrected chi connectivity index (χ0v) is 13.7. The predicted molar refractivity (Wildman–Crippen MR) is 94.2 cm³/mol. The van der Waals surface area contributed by atoms with Gasteiger partial charge in [0.2, 0.25) is 0 Å². The molecule has 0 aliphatic rings. The van der Waals surface area contributed by atoms with Gasteiger partial charge in [-0.2, -0.15) is 0 Å². The Morgan fingerprint density at radius 1 is 1.16 bits per heavy atom. The van der Waals surface area contributed by atoms with Crippen molar-refractivity contribution in [1.29, 1.82) is 0 Å². The quantitative estimate of drug-likeness (QED) is 0.748. The molecule has 1 amide bonds. The molecule has 25 heavy (non-hydrogen) atoms. The van der Waals surface area contributed by atoms with E-state index in [0.29, 0.717) is 0 Å². The number of nitrogens with one attached hydrogen (secondary N) is 1. The average molecular weight is 339 g/mol. The number of benzene rings is 3. The van der Waals surface area contributed by atoms with Crippen molar-refractivity contribution < 1.29 is 19.0 Å². The van der Waals surface area contributed by atoms with Crippen LogP contribution in [0.4, 0.5) is 4.39 Å². The third-order valence-corrected chi connectivity index (χ3v) is 4.05. The number of aliphatic hydroxyl groups is 1. The number of rotatable bonds is 5. The fourth-order valence-electron chi connectivity index (χ4n) is 2.75. The van der Waals surface area contributed by atoms with Crippen LogP contribution in [-0.4, -0.2) is 24.7 Å². The van der Waals surface area contributed by atoms with Gasteiger partial charge in [-0.25, -0.2) is 4.39 Å². The van der Waals surface area contributed by atoms with Gasteiger partial charge in [-0.15, -0.1) is 0 Å². The van der Waals surface area contributed by atoms with Crippen LogP contribution in [0.5, 0.6) is 5.75 Å². The summed E-state index contributed by atoms with van der Waals surface area (Å²) in [5.74, 6) is -0.988. The van der Waals surface area contributed by atoms with Gasteiger partial charge in [-0.3, -0.25) is 4.79 Å². The Kier molecular flexibility index (Phi) is 4.95. The summed E-state index contributed by atoms with van der Waals surface area (Å²) in [4.78, 5) is 12.2. The predicted octanol–water partition coefficient (Wildman–Crippen LogP) is 3.45. The van der Waals surface area contributed by atoms with E-state index in [9.17, 15) is 14.3 Å². The SMILES string of the molecule is COc1ccc(C(=O)NC[C@H](O)c2cccc3ccccc23)cc1F. The molecule has 0 aliphatic carbocycles. The number of carbonyl (C=O) groups is 1. The third kappa shape index (κ3) is 3.61. The topological polar surface area (TPSA) is 58.6 Å². The molecule has 0 aliphatic heterocycles. The molecule has 0 aromatic heterocycles. The summed E-state index contributed by atoms with van der Waals surface area (Å²) in [6.45, 7) is 0.0283. The van der Waals surface area contributed by atoms with Gasteiger partial charge in [0, 0.05) is 12.1 Å². The van der Waals surface area contributed by atoms with Crippen LogP contribution < -0.4 is 10.1 Å². The molecule has 0 unspecified atom stereocenters. The van der Waals surface area contributed by atoms with E-state index in [2.05, 4.69) is 5.32 Å². The second-order valence-electron chi connectivity index (χ2n) is 5.64. The lowest BCUT2D eigenvalue weighted by atomic mass is 10.0. The molecule has 5 heteroatoms. The van der Waals surface area contributed by atoms with Gasteiger partial charge in [-0.1, -0.05) is 42.5 Å². The van der Waals surface area contributed by atoms with Gasteiger partial charge in [-0.05, 0) is 34.5 Å². The van der Waals surface area contributed by atoms with Gasteiger partial charge in [0.05, 0.1) is 13.2 Å². The maximum absolute atomic E-state index is 13.7. The Morgan fingerprint density at radius 3 is 2.68 bits per heavy atom. The molecular weight excluding hydrogens is 321 g/mol. The highest BCUT2D eigenvalue weighted by atomic mass is 19.1. The number of fused-ring (bicyclic) bond motifs is 1. The monoisotopic (exact) mass is 339 g/mol. The van der Waals surface area contributed by atoms with Crippen LogP contribution in [0.2, 0.25) is 0 Å². The number of hydrogen-bond donors (Lipinski definition) is 2. The van der Waals surface area contributed by atoms with E-state index in [1.165, 1.54) is 19.2 Å². The number of amides is 1. The van der Waals surface area contributed by atoms with E-state index in [1.807, 2.05) is 42.5 Å². The van der Waals surface area contributed by atoms with Crippen LogP contribution in [0.3, 0.4) is 0 Å². The van der Waals surface area contributed by atoms with Crippen molar-refractivity contribution in [2.75, 3.05) is 13.7 Å². The van der Waals surface area contributed by atoms with E-state index >= 15 is 0 Å². The Labute approximate surface area is 144 Å². The van der Waals surface area contributed by atoms with Crippen LogP contribution in [-0.2, 0) is 0 Å². The summed E-state index contributed by atoms with van der Waals surface area (Å²) < 4.78 is 18.5. The first-order valence-electron chi connectivity index (χ1n) is 7.87. The maximum atomic E-state index is 13.7. The van der Waals surface area contributed by atoms with Crippen molar-refractivity contribution in [2.24, 2.45) is 0 Å². The molecule has 128 valence electrons. The van der Waals surface area contributed by atoms with E-state index in [0.717, 1.165) is 22.4 Å². The lowest BCUT2D eigenvalue weighted by Crippen LogP contribution is -2.28. The normalized spacial score (nSPS) is 12.0. The molecular formula is C20H18FNO3. The minimum atomic E-state index is -0.863. The molecule has 1 atom stereocenters. The van der Waals surface area contributed by atoms with E-state index in [1.54, 1.807) is 0 Å². The molecule has 0 spiro atoms. The van der Waals surface area contributed by atoms with E-state index in [4.69, 9.17) is 4.74 Å². The summed E-state index contributed by atoms with van der Waals surface area (Å²) >= 11 is 0. The van der Waals surface area contributed by atoms with Gasteiger partial charge < -0.3 is 15.2 Å². The summed E-state index contributed by atoms with van der Waals surface area (Å²) in [5, 5.41) is 15.0. The van der Waals surface area contributed by atoms with Crippen molar-refractivity contribution >= 4 is 16.7 Å². The zero-order chi connectivity index (χ0) is 17.8. The lowest BCUT2D eigenvalue weighted by molar-refractivity contribution is 0.0916. The van der Waals surface area contributed by atoms with Crippen LogP contribution >= 0.6 is 0 Å². The van der Waals surface area contributed by atoms with Crippen LogP contribution in [0.25, 0.3) is 10.8 Å². The molecule has 0 fully saturated rings. The average Bonchev–Trinajstić information content (AvgIpc) is 2.65. The number of carbonyl (C=O) groups excluding carboxylic acids is 1. The maximum Gasteiger partial charge on any atom is 0.251 e. The highest BCUT2D eigenvalue weighted by Crippen LogP contribution is 2.24. The number of hydrogen-bond acceptors (Lipinski definition) is 3. The summed E-state index contributed by atoms with van der Waals surface area (Å²) in [6.07, 6.45) is -0.863. The molecule has 3 aromatic carbocycles. The summed E-state index contributed by atoms with van der Waals surface area (Å²) in [5.41, 5.74) is 0.905. The Bertz CT molecular complexity index is 905. The molecule has 3 aromatic rings. The first-order valence-corrected chi connectivity index (χ1v) is 7.87. The van der Waals surface area contributed by atoms with Crippen LogP contribution in [0.1, 0.15) is 22.0 Å². The third-order valence-electron chi connectivity index (χ3n) is 4.05. The number of ether oxygens (including phenoxy) is 1. The van der Waals surface area contributed by atoms with Crippen molar-refractivity contribution in [3.05, 3.63) is 77.6 Å². The largest absolute Gasteiger partial charge is 0.494 e. The summed E-state index contributed by atoms with van der Waals surface area (Å²) in [6, 6.07) is 17.3. The van der Waals surface area contributed by atoms with Gasteiger partial charge in [0.15, 0.2) is 11.6 Å². The van der Waals surface area contributed by atoms with Crippen LogP contribution in [0.15, 0.2) is 60.7 Å². The standard InChI is InChI=1S/C20H18FNO3/c1-25-19-10-9-14(11-17(19)21)20(24)22-12-18(23)16-8-4-6-13-5-2-3-7-15(13)16/h2-11,18,23H,12H2,1H3,(H,22,24)/t18-/m0/s1. The van der Waals surface area contributed by atoms with Gasteiger partial charge in [0.1, 0.15) is 0 Å². The van der Waals surface area contributed by atoms with Gasteiger partial charge >= 0.3 is 0 Å². The Morgan fingerprint density at radius 2 is 1.92 bits per heavy atom. The molecule has 0 bridgehead atoms. The first-order chi connectivity index (χ1) is 12.1. The number of aliphatic hydroxyl groups excluding tert-OH is 1. The van der Waals surface area contributed by atoms with E-state index < -0.39 is 17.8 Å². The van der Waals surface area contributed by atoms with Crippen molar-refractivity contribution in [3.63, 3.8) is 0 Å². The smallest absolute Gasteiger partial charge is 0.251 e. The van der Waals surface area contributed by atoms with Crippen molar-refractivity contribution in [3.8, 4) is 5.75 Å². The molecule has 0 saturated carbocycles. The molecule has 0 saturated heterocycles. The van der Waals surface area contributed by atoms with Gasteiger partial charge in [0.25, 0.3) is 5.91 Å². The lowest BCUT2D eigenvalue weighted by Gasteiger charge is -2.15. The Balaban J connectivity index is 1.72. The molecule has 0 radical (unpaired) electrons. The highest BCUT2D eigenvalue weighted by Gasteiger charge is 2.14. The van der Waals surface area contributed by atoms with Crippen LogP contribution in [0, 0.1) is 5.82 Å². The first kappa shape index (κ1) is 16.9. The molecule has 3 rings (SSSR count). The molecule has 0 heterocycles. The van der Waals surface area contributed by atoms with Crippen molar-refractivity contribution in [2.45, 2.75) is 6.10 Å². The summed E-state index contributed by atoms with van der Waals surface area (Å²) in [7, 11) is 1.36. The Hall–Kier alpha value is -2.92. The molecule has 4 nitrogen and oxygen atoms in total. The minimum absolute atomic E-state index is 0.0283. The fraction of sp³-hybridized carbons (Fsp3) is 0.150.